The van der Waals surface area contributed by atoms with Crippen LogP contribution in [-0.2, 0) is 0 Å². The number of hydrogen-bond donors (Lipinski definition) is 2. The first-order chi connectivity index (χ1) is 8.50. The highest BCUT2D eigenvalue weighted by Gasteiger charge is 2.23. The normalized spacial score (nSPS) is 12.3. The molecule has 1 aromatic heterocycles. The van der Waals surface area contributed by atoms with Gasteiger partial charge in [0.15, 0.2) is 5.75 Å². The summed E-state index contributed by atoms with van der Waals surface area (Å²) < 4.78 is 0.508. The average molecular weight is 329 g/mol. The van der Waals surface area contributed by atoms with E-state index in [1.807, 2.05) is 17.5 Å². The lowest BCUT2D eigenvalue weighted by atomic mass is 10.0. The summed E-state index contributed by atoms with van der Waals surface area (Å²) in [6.07, 6.45) is 0. The molecule has 0 bridgehead atoms. The Hall–Kier alpha value is -1.44. The fourth-order valence-electron chi connectivity index (χ4n) is 1.60. The van der Waals surface area contributed by atoms with Gasteiger partial charge in [-0.2, -0.15) is 0 Å². The molecule has 1 atom stereocenters. The van der Waals surface area contributed by atoms with E-state index in [0.29, 0.717) is 10.0 Å². The topological polar surface area (TPSA) is 89.4 Å². The largest absolute Gasteiger partial charge is 0.502 e. The van der Waals surface area contributed by atoms with Crippen molar-refractivity contribution < 1.29 is 10.0 Å². The fraction of sp³-hybridized carbons (Fsp3) is 0.0909. The molecule has 0 amide bonds. The second kappa shape index (κ2) is 5.05. The maximum atomic E-state index is 10.8. The van der Waals surface area contributed by atoms with Crippen molar-refractivity contribution in [2.45, 2.75) is 6.04 Å². The molecule has 0 aliphatic heterocycles. The first kappa shape index (κ1) is 13.0. The molecule has 2 aromatic rings. The summed E-state index contributed by atoms with van der Waals surface area (Å²) in [4.78, 5) is 11.0. The molecule has 2 rings (SSSR count). The molecule has 0 saturated carbocycles. The molecular weight excluding hydrogens is 320 g/mol. The average Bonchev–Trinajstić information content (AvgIpc) is 2.84. The molecule has 0 spiro atoms. The molecule has 94 valence electrons. The van der Waals surface area contributed by atoms with Gasteiger partial charge in [-0.25, -0.2) is 0 Å². The minimum absolute atomic E-state index is 0.332. The Kier molecular flexibility index (Phi) is 3.65. The van der Waals surface area contributed by atoms with Gasteiger partial charge in [0, 0.05) is 21.0 Å². The standard InChI is InChI=1S/C11H9BrN2O3S/c12-6-4-7(10(13)9-2-1-3-18-9)11(15)8(5-6)14(16)17/h1-5,10,15H,13H2/t10-/m1/s1. The summed E-state index contributed by atoms with van der Waals surface area (Å²) in [7, 11) is 0. The SMILES string of the molecule is N[C@@H](c1cccs1)c1cc(Br)cc([N+](=O)[O-])c1O. The molecular formula is C11H9BrN2O3S. The van der Waals surface area contributed by atoms with E-state index in [9.17, 15) is 15.2 Å². The molecule has 18 heavy (non-hydrogen) atoms. The lowest BCUT2D eigenvalue weighted by molar-refractivity contribution is -0.386. The van der Waals surface area contributed by atoms with Crippen molar-refractivity contribution in [3.05, 3.63) is 54.7 Å². The number of hydrogen-bond acceptors (Lipinski definition) is 5. The molecule has 0 unspecified atom stereocenters. The number of nitro groups is 1. The highest BCUT2D eigenvalue weighted by atomic mass is 79.9. The van der Waals surface area contributed by atoms with Crippen LogP contribution < -0.4 is 5.73 Å². The van der Waals surface area contributed by atoms with E-state index in [1.165, 1.54) is 17.4 Å². The molecule has 0 radical (unpaired) electrons. The van der Waals surface area contributed by atoms with Crippen molar-refractivity contribution in [2.75, 3.05) is 0 Å². The van der Waals surface area contributed by atoms with Crippen molar-refractivity contribution in [1.29, 1.82) is 0 Å². The molecule has 1 aromatic carbocycles. The molecule has 7 heteroatoms. The van der Waals surface area contributed by atoms with Crippen LogP contribution in [0.5, 0.6) is 5.75 Å². The summed E-state index contributed by atoms with van der Waals surface area (Å²) in [5.74, 6) is -0.385. The van der Waals surface area contributed by atoms with Crippen LogP contribution in [0.2, 0.25) is 0 Å². The van der Waals surface area contributed by atoms with Crippen LogP contribution in [0.15, 0.2) is 34.1 Å². The first-order valence-electron chi connectivity index (χ1n) is 4.96. The molecule has 0 saturated heterocycles. The minimum Gasteiger partial charge on any atom is -0.502 e. The van der Waals surface area contributed by atoms with Crippen LogP contribution in [0.4, 0.5) is 5.69 Å². The van der Waals surface area contributed by atoms with Gasteiger partial charge in [0.05, 0.1) is 11.0 Å². The van der Waals surface area contributed by atoms with Gasteiger partial charge in [-0.05, 0) is 17.5 Å². The molecule has 1 heterocycles. The van der Waals surface area contributed by atoms with Crippen molar-refractivity contribution >= 4 is 33.0 Å². The molecule has 0 aliphatic rings. The summed E-state index contributed by atoms with van der Waals surface area (Å²) in [5, 5.41) is 22.6. The zero-order valence-corrected chi connectivity index (χ0v) is 11.4. The number of nitrogens with zero attached hydrogens (tertiary/aromatic N) is 1. The Balaban J connectivity index is 2.54. The Labute approximate surface area is 115 Å². The molecule has 3 N–H and O–H groups in total. The third-order valence-electron chi connectivity index (χ3n) is 2.47. The monoisotopic (exact) mass is 328 g/mol. The predicted molar refractivity (Wildman–Crippen MR) is 72.8 cm³/mol. The number of phenolic OH excluding ortho intramolecular Hbond substituents is 1. The summed E-state index contributed by atoms with van der Waals surface area (Å²) in [5.41, 5.74) is 5.98. The van der Waals surface area contributed by atoms with E-state index in [1.54, 1.807) is 6.07 Å². The number of benzene rings is 1. The molecule has 5 nitrogen and oxygen atoms in total. The lowest BCUT2D eigenvalue weighted by Gasteiger charge is -2.12. The second-order valence-electron chi connectivity index (χ2n) is 3.61. The third-order valence-corrected chi connectivity index (χ3v) is 3.88. The van der Waals surface area contributed by atoms with E-state index < -0.39 is 11.0 Å². The summed E-state index contributed by atoms with van der Waals surface area (Å²) in [6.45, 7) is 0. The maximum absolute atomic E-state index is 10.8. The quantitative estimate of drug-likeness (QED) is 0.668. The molecule has 0 aliphatic carbocycles. The fourth-order valence-corrected chi connectivity index (χ4v) is 2.81. The second-order valence-corrected chi connectivity index (χ2v) is 5.51. The zero-order chi connectivity index (χ0) is 13.3. The first-order valence-corrected chi connectivity index (χ1v) is 6.63. The summed E-state index contributed by atoms with van der Waals surface area (Å²) >= 11 is 4.61. The van der Waals surface area contributed by atoms with Crippen molar-refractivity contribution in [3.63, 3.8) is 0 Å². The number of nitrogens with two attached hydrogens (primary N) is 1. The van der Waals surface area contributed by atoms with Gasteiger partial charge < -0.3 is 10.8 Å². The van der Waals surface area contributed by atoms with Crippen molar-refractivity contribution in [3.8, 4) is 5.75 Å². The van der Waals surface area contributed by atoms with Crippen LogP contribution >= 0.6 is 27.3 Å². The van der Waals surface area contributed by atoms with Gasteiger partial charge in [-0.15, -0.1) is 11.3 Å². The minimum atomic E-state index is -0.634. The number of aromatic hydroxyl groups is 1. The zero-order valence-electron chi connectivity index (χ0n) is 9.04. The van der Waals surface area contributed by atoms with Gasteiger partial charge in [0.1, 0.15) is 0 Å². The van der Waals surface area contributed by atoms with Crippen LogP contribution in [-0.4, -0.2) is 10.0 Å². The van der Waals surface area contributed by atoms with Crippen LogP contribution in [0.1, 0.15) is 16.5 Å². The number of nitro benzene ring substituents is 1. The van der Waals surface area contributed by atoms with Crippen molar-refractivity contribution in [1.82, 2.24) is 0 Å². The number of rotatable bonds is 3. The Morgan fingerprint density at radius 2 is 2.22 bits per heavy atom. The van der Waals surface area contributed by atoms with E-state index in [0.717, 1.165) is 4.88 Å². The Morgan fingerprint density at radius 3 is 2.78 bits per heavy atom. The Bertz CT molecular complexity index is 586. The van der Waals surface area contributed by atoms with Gasteiger partial charge in [-0.1, -0.05) is 22.0 Å². The van der Waals surface area contributed by atoms with Crippen LogP contribution in [0, 0.1) is 10.1 Å². The van der Waals surface area contributed by atoms with E-state index in [4.69, 9.17) is 5.73 Å². The van der Waals surface area contributed by atoms with E-state index in [-0.39, 0.29) is 11.4 Å². The van der Waals surface area contributed by atoms with Gasteiger partial charge in [-0.3, -0.25) is 10.1 Å². The van der Waals surface area contributed by atoms with Gasteiger partial charge >= 0.3 is 5.69 Å². The van der Waals surface area contributed by atoms with Crippen LogP contribution in [0.25, 0.3) is 0 Å². The molecule has 0 fully saturated rings. The Morgan fingerprint density at radius 1 is 1.50 bits per heavy atom. The highest BCUT2D eigenvalue weighted by Crippen LogP contribution is 2.38. The lowest BCUT2D eigenvalue weighted by Crippen LogP contribution is -2.11. The third kappa shape index (κ3) is 2.38. The van der Waals surface area contributed by atoms with Crippen molar-refractivity contribution in [2.24, 2.45) is 5.73 Å². The highest BCUT2D eigenvalue weighted by molar-refractivity contribution is 9.10. The van der Waals surface area contributed by atoms with Gasteiger partial charge in [0.2, 0.25) is 0 Å². The smallest absolute Gasteiger partial charge is 0.312 e. The summed E-state index contributed by atoms with van der Waals surface area (Å²) in [6, 6.07) is 5.92. The number of phenols is 1. The predicted octanol–water partition coefficient (Wildman–Crippen LogP) is 3.17. The van der Waals surface area contributed by atoms with E-state index in [2.05, 4.69) is 15.9 Å². The number of halogens is 1. The van der Waals surface area contributed by atoms with Gasteiger partial charge in [0.25, 0.3) is 0 Å². The number of thiophene rings is 1. The van der Waals surface area contributed by atoms with Crippen LogP contribution in [0.3, 0.4) is 0 Å². The maximum Gasteiger partial charge on any atom is 0.312 e. The van der Waals surface area contributed by atoms with E-state index >= 15 is 0 Å².